The van der Waals surface area contributed by atoms with Gasteiger partial charge in [0.05, 0.1) is 6.42 Å². The third-order valence-corrected chi connectivity index (χ3v) is 3.66. The first kappa shape index (κ1) is 15.4. The molecular formula is C15H17F2NO3. The highest BCUT2D eigenvalue weighted by Gasteiger charge is 2.37. The molecule has 0 radical (unpaired) electrons. The molecule has 2 rings (SSSR count). The number of carbonyl (C=O) groups excluding carboxylic acids is 1. The zero-order valence-electron chi connectivity index (χ0n) is 11.4. The van der Waals surface area contributed by atoms with Crippen molar-refractivity contribution in [1.82, 2.24) is 0 Å². The zero-order chi connectivity index (χ0) is 15.5. The summed E-state index contributed by atoms with van der Waals surface area (Å²) in [6, 6.07) is 6.48. The minimum Gasteiger partial charge on any atom is -0.481 e. The molecule has 1 aromatic carbocycles. The van der Waals surface area contributed by atoms with Crippen LogP contribution in [0.3, 0.4) is 0 Å². The number of amides is 1. The van der Waals surface area contributed by atoms with E-state index in [9.17, 15) is 18.4 Å². The van der Waals surface area contributed by atoms with E-state index in [4.69, 9.17) is 5.11 Å². The van der Waals surface area contributed by atoms with Gasteiger partial charge < -0.3 is 10.4 Å². The molecule has 0 unspecified atom stereocenters. The van der Waals surface area contributed by atoms with Gasteiger partial charge in [0.25, 0.3) is 0 Å². The first-order valence-electron chi connectivity index (χ1n) is 6.85. The average molecular weight is 297 g/mol. The second-order valence-corrected chi connectivity index (χ2v) is 5.39. The van der Waals surface area contributed by atoms with Crippen molar-refractivity contribution in [2.45, 2.75) is 38.0 Å². The summed E-state index contributed by atoms with van der Waals surface area (Å²) >= 11 is 0. The number of carboxylic acid groups (broad SMARTS) is 1. The number of hydrogen-bond acceptors (Lipinski definition) is 2. The average Bonchev–Trinajstić information content (AvgIpc) is 2.40. The van der Waals surface area contributed by atoms with E-state index in [0.29, 0.717) is 11.3 Å². The molecule has 1 aliphatic rings. The topological polar surface area (TPSA) is 66.4 Å². The molecule has 1 saturated carbocycles. The quantitative estimate of drug-likeness (QED) is 0.897. The molecule has 0 heterocycles. The van der Waals surface area contributed by atoms with Gasteiger partial charge in [-0.15, -0.1) is 0 Å². The van der Waals surface area contributed by atoms with Gasteiger partial charge in [0.15, 0.2) is 0 Å². The summed E-state index contributed by atoms with van der Waals surface area (Å²) < 4.78 is 26.1. The van der Waals surface area contributed by atoms with Crippen LogP contribution in [0.2, 0.25) is 0 Å². The second-order valence-electron chi connectivity index (χ2n) is 5.39. The molecular weight excluding hydrogens is 280 g/mol. The van der Waals surface area contributed by atoms with Crippen molar-refractivity contribution < 1.29 is 23.5 Å². The summed E-state index contributed by atoms with van der Waals surface area (Å²) in [6.45, 7) is 0. The number of benzene rings is 1. The van der Waals surface area contributed by atoms with Gasteiger partial charge in [-0.2, -0.15) is 0 Å². The Morgan fingerprint density at radius 2 is 1.76 bits per heavy atom. The van der Waals surface area contributed by atoms with E-state index in [2.05, 4.69) is 5.32 Å². The van der Waals surface area contributed by atoms with E-state index >= 15 is 0 Å². The van der Waals surface area contributed by atoms with Crippen LogP contribution < -0.4 is 5.32 Å². The van der Waals surface area contributed by atoms with Gasteiger partial charge in [0, 0.05) is 24.4 Å². The van der Waals surface area contributed by atoms with Crippen LogP contribution in [0.4, 0.5) is 14.5 Å². The third kappa shape index (κ3) is 4.51. The van der Waals surface area contributed by atoms with Crippen molar-refractivity contribution >= 4 is 17.6 Å². The van der Waals surface area contributed by atoms with Crippen molar-refractivity contribution in [2.24, 2.45) is 5.92 Å². The number of nitrogens with one attached hydrogen (secondary N) is 1. The molecule has 21 heavy (non-hydrogen) atoms. The second kappa shape index (κ2) is 6.20. The lowest BCUT2D eigenvalue weighted by Gasteiger charge is -2.27. The van der Waals surface area contributed by atoms with E-state index < -0.39 is 11.9 Å². The summed E-state index contributed by atoms with van der Waals surface area (Å²) in [7, 11) is 0. The minimum atomic E-state index is -2.64. The molecule has 4 nitrogen and oxygen atoms in total. The number of anilines is 1. The van der Waals surface area contributed by atoms with Crippen molar-refractivity contribution in [3.63, 3.8) is 0 Å². The van der Waals surface area contributed by atoms with Crippen molar-refractivity contribution in [3.05, 3.63) is 29.8 Å². The lowest BCUT2D eigenvalue weighted by Crippen LogP contribution is -2.31. The van der Waals surface area contributed by atoms with Crippen LogP contribution >= 0.6 is 0 Å². The molecule has 114 valence electrons. The molecule has 2 N–H and O–H groups in total. The molecule has 1 fully saturated rings. The van der Waals surface area contributed by atoms with Gasteiger partial charge in [-0.3, -0.25) is 9.59 Å². The summed E-state index contributed by atoms with van der Waals surface area (Å²) in [4.78, 5) is 22.6. The Kier molecular flexibility index (Phi) is 4.55. The number of alkyl halides is 2. The molecule has 1 aromatic rings. The smallest absolute Gasteiger partial charge is 0.307 e. The Balaban J connectivity index is 1.89. The van der Waals surface area contributed by atoms with E-state index in [1.807, 2.05) is 0 Å². The number of aliphatic carboxylic acids is 1. The number of carboxylic acids is 1. The molecule has 0 aliphatic heterocycles. The summed E-state index contributed by atoms with van der Waals surface area (Å²) in [5.41, 5.74) is 1.18. The maximum absolute atomic E-state index is 13.0. The van der Waals surface area contributed by atoms with Crippen molar-refractivity contribution in [3.8, 4) is 0 Å². The maximum Gasteiger partial charge on any atom is 0.307 e. The first-order chi connectivity index (χ1) is 9.85. The first-order valence-corrected chi connectivity index (χ1v) is 6.85. The molecule has 1 amide bonds. The maximum atomic E-state index is 13.0. The lowest BCUT2D eigenvalue weighted by atomic mass is 9.86. The van der Waals surface area contributed by atoms with Gasteiger partial charge >= 0.3 is 5.97 Å². The summed E-state index contributed by atoms with van der Waals surface area (Å²) in [6.07, 6.45) is -0.191. The standard InChI is InChI=1S/C15H17F2NO3/c16-15(17)7-5-11(6-8-15)14(21)18-12-3-1-10(2-4-12)9-13(19)20/h1-4,11H,5-9H2,(H,18,21)(H,19,20). The predicted molar refractivity (Wildman–Crippen MR) is 73.3 cm³/mol. The van der Waals surface area contributed by atoms with Crippen LogP contribution in [0.1, 0.15) is 31.2 Å². The van der Waals surface area contributed by atoms with Gasteiger partial charge in [-0.1, -0.05) is 12.1 Å². The Morgan fingerprint density at radius 1 is 1.19 bits per heavy atom. The van der Waals surface area contributed by atoms with E-state index in [1.165, 1.54) is 0 Å². The molecule has 0 spiro atoms. The van der Waals surface area contributed by atoms with Crippen LogP contribution in [0, 0.1) is 5.92 Å². The van der Waals surface area contributed by atoms with Gasteiger partial charge in [0.1, 0.15) is 0 Å². The molecule has 6 heteroatoms. The van der Waals surface area contributed by atoms with E-state index in [0.717, 1.165) is 0 Å². The number of carbonyl (C=O) groups is 2. The van der Waals surface area contributed by atoms with Crippen LogP contribution in [-0.2, 0) is 16.0 Å². The molecule has 0 bridgehead atoms. The number of rotatable bonds is 4. The fourth-order valence-electron chi connectivity index (χ4n) is 2.43. The van der Waals surface area contributed by atoms with Crippen LogP contribution in [0.5, 0.6) is 0 Å². The lowest BCUT2D eigenvalue weighted by molar-refractivity contribution is -0.136. The number of hydrogen-bond donors (Lipinski definition) is 2. The Morgan fingerprint density at radius 3 is 2.29 bits per heavy atom. The van der Waals surface area contributed by atoms with Gasteiger partial charge in [0.2, 0.25) is 11.8 Å². The van der Waals surface area contributed by atoms with Crippen molar-refractivity contribution in [1.29, 1.82) is 0 Å². The van der Waals surface area contributed by atoms with E-state index in [-0.39, 0.29) is 43.9 Å². The highest BCUT2D eigenvalue weighted by atomic mass is 19.3. The highest BCUT2D eigenvalue weighted by Crippen LogP contribution is 2.36. The van der Waals surface area contributed by atoms with Crippen LogP contribution in [0.25, 0.3) is 0 Å². The van der Waals surface area contributed by atoms with Gasteiger partial charge in [-0.25, -0.2) is 8.78 Å². The highest BCUT2D eigenvalue weighted by molar-refractivity contribution is 5.92. The zero-order valence-corrected chi connectivity index (χ0v) is 11.4. The molecule has 0 saturated heterocycles. The fourth-order valence-corrected chi connectivity index (χ4v) is 2.43. The normalized spacial score (nSPS) is 18.2. The monoisotopic (exact) mass is 297 g/mol. The van der Waals surface area contributed by atoms with E-state index in [1.54, 1.807) is 24.3 Å². The summed E-state index contributed by atoms with van der Waals surface area (Å²) in [5, 5.41) is 11.4. The SMILES string of the molecule is O=C(O)Cc1ccc(NC(=O)C2CCC(F)(F)CC2)cc1. The summed E-state index contributed by atoms with van der Waals surface area (Å²) in [5.74, 6) is -4.20. The molecule has 0 aromatic heterocycles. The Bertz CT molecular complexity index is 518. The number of halogens is 2. The predicted octanol–water partition coefficient (Wildman–Crippen LogP) is 3.08. The van der Waals surface area contributed by atoms with Crippen molar-refractivity contribution in [2.75, 3.05) is 5.32 Å². The Labute approximate surface area is 121 Å². The van der Waals surface area contributed by atoms with Crippen LogP contribution in [0.15, 0.2) is 24.3 Å². The Hall–Kier alpha value is -1.98. The van der Waals surface area contributed by atoms with Crippen LogP contribution in [-0.4, -0.2) is 22.9 Å². The molecule has 0 atom stereocenters. The fraction of sp³-hybridized carbons (Fsp3) is 0.467. The van der Waals surface area contributed by atoms with Gasteiger partial charge in [-0.05, 0) is 30.5 Å². The third-order valence-electron chi connectivity index (χ3n) is 3.66. The minimum absolute atomic E-state index is 0.0774. The molecule has 1 aliphatic carbocycles. The largest absolute Gasteiger partial charge is 0.481 e.